The van der Waals surface area contributed by atoms with Crippen LogP contribution in [0.25, 0.3) is 0 Å². The lowest BCUT2D eigenvalue weighted by atomic mass is 10.1. The van der Waals surface area contributed by atoms with Crippen LogP contribution in [0.3, 0.4) is 0 Å². The van der Waals surface area contributed by atoms with Crippen molar-refractivity contribution in [1.82, 2.24) is 14.2 Å². The lowest BCUT2D eigenvalue weighted by Crippen LogP contribution is -2.52. The number of nitrogens with zero attached hydrogens (tertiary/aromatic N) is 2. The van der Waals surface area contributed by atoms with Gasteiger partial charge in [-0.05, 0) is 29.8 Å². The van der Waals surface area contributed by atoms with Crippen molar-refractivity contribution in [3.05, 3.63) is 90.3 Å². The maximum absolute atomic E-state index is 13.0. The molecule has 1 aliphatic rings. The molecular weight excluding hydrogens is 374 g/mol. The molecule has 4 rings (SSSR count). The number of amides is 1. The minimum Gasteiger partial charge on any atom is -0.341 e. The van der Waals surface area contributed by atoms with Gasteiger partial charge in [-0.25, -0.2) is 13.1 Å². The fourth-order valence-corrected chi connectivity index (χ4v) is 4.54. The first kappa shape index (κ1) is 18.5. The van der Waals surface area contributed by atoms with Crippen LogP contribution in [0.2, 0.25) is 0 Å². The van der Waals surface area contributed by atoms with Gasteiger partial charge in [0, 0.05) is 25.8 Å². The summed E-state index contributed by atoms with van der Waals surface area (Å²) < 4.78 is 29.7. The van der Waals surface area contributed by atoms with Gasteiger partial charge in [0.15, 0.2) is 0 Å². The summed E-state index contributed by atoms with van der Waals surface area (Å²) >= 11 is 0. The molecule has 1 N–H and O–H groups in total. The van der Waals surface area contributed by atoms with Gasteiger partial charge in [-0.3, -0.25) is 4.79 Å². The van der Waals surface area contributed by atoms with E-state index < -0.39 is 10.0 Å². The van der Waals surface area contributed by atoms with Gasteiger partial charge in [0.2, 0.25) is 10.0 Å². The van der Waals surface area contributed by atoms with Gasteiger partial charge in [0.05, 0.1) is 10.9 Å². The van der Waals surface area contributed by atoms with Crippen molar-refractivity contribution >= 4 is 15.9 Å². The van der Waals surface area contributed by atoms with E-state index in [0.717, 1.165) is 5.56 Å². The highest BCUT2D eigenvalue weighted by molar-refractivity contribution is 7.89. The first-order valence-corrected chi connectivity index (χ1v) is 10.6. The van der Waals surface area contributed by atoms with E-state index in [1.807, 2.05) is 47.2 Å². The van der Waals surface area contributed by atoms with Crippen molar-refractivity contribution < 1.29 is 13.2 Å². The maximum atomic E-state index is 13.0. The molecule has 1 unspecified atom stereocenters. The van der Waals surface area contributed by atoms with E-state index in [1.54, 1.807) is 41.3 Å². The number of aromatic nitrogens is 1. The molecule has 0 saturated heterocycles. The Morgan fingerprint density at radius 2 is 1.61 bits per heavy atom. The molecule has 2 heterocycles. The van der Waals surface area contributed by atoms with Crippen LogP contribution in [-0.2, 0) is 23.1 Å². The maximum Gasteiger partial charge on any atom is 0.271 e. The molecule has 28 heavy (non-hydrogen) atoms. The molecule has 0 bridgehead atoms. The first-order chi connectivity index (χ1) is 13.5. The zero-order valence-corrected chi connectivity index (χ0v) is 16.0. The highest BCUT2D eigenvalue weighted by Crippen LogP contribution is 2.21. The molecule has 0 fully saturated rings. The van der Waals surface area contributed by atoms with E-state index >= 15 is 0 Å². The van der Waals surface area contributed by atoms with Crippen LogP contribution < -0.4 is 4.72 Å². The molecule has 3 aromatic rings. The lowest BCUT2D eigenvalue weighted by molar-refractivity contribution is 0.0578. The predicted molar refractivity (Wildman–Crippen MR) is 106 cm³/mol. The van der Waals surface area contributed by atoms with Gasteiger partial charge < -0.3 is 9.47 Å². The molecule has 0 spiro atoms. The van der Waals surface area contributed by atoms with Crippen molar-refractivity contribution in [2.24, 2.45) is 0 Å². The van der Waals surface area contributed by atoms with Crippen molar-refractivity contribution in [1.29, 1.82) is 0 Å². The average Bonchev–Trinajstić information content (AvgIpc) is 3.19. The topological polar surface area (TPSA) is 71.4 Å². The Morgan fingerprint density at radius 3 is 2.32 bits per heavy atom. The van der Waals surface area contributed by atoms with Crippen molar-refractivity contribution in [3.8, 4) is 0 Å². The number of rotatable bonds is 6. The number of hydrogen-bond donors (Lipinski definition) is 1. The third kappa shape index (κ3) is 3.72. The Bertz CT molecular complexity index is 1060. The summed E-state index contributed by atoms with van der Waals surface area (Å²) in [5, 5.41) is 0. The Morgan fingerprint density at radius 1 is 0.929 bits per heavy atom. The molecule has 1 atom stereocenters. The van der Waals surface area contributed by atoms with E-state index in [4.69, 9.17) is 0 Å². The third-order valence-electron chi connectivity index (χ3n) is 4.92. The Hall–Kier alpha value is -2.90. The number of hydrogen-bond acceptors (Lipinski definition) is 3. The average molecular weight is 395 g/mol. The predicted octanol–water partition coefficient (Wildman–Crippen LogP) is 2.49. The van der Waals surface area contributed by atoms with Gasteiger partial charge in [0.25, 0.3) is 5.91 Å². The van der Waals surface area contributed by atoms with Crippen molar-refractivity contribution in [2.75, 3.05) is 6.54 Å². The minimum atomic E-state index is -3.63. The van der Waals surface area contributed by atoms with Gasteiger partial charge in [-0.1, -0.05) is 48.5 Å². The van der Waals surface area contributed by atoms with Gasteiger partial charge in [-0.15, -0.1) is 0 Å². The summed E-state index contributed by atoms with van der Waals surface area (Å²) in [7, 11) is -3.63. The second kappa shape index (κ2) is 7.61. The zero-order chi connectivity index (χ0) is 19.6. The standard InChI is InChI=1S/C21H21N3O3S/c25-21-20-12-7-13-23(20)16-18(24(21)15-17-8-3-1-4-9-17)14-22-28(26,27)19-10-5-2-6-11-19/h1-13,18,22H,14-16H2. The molecule has 0 saturated carbocycles. The number of fused-ring (bicyclic) bond motifs is 1. The number of carbonyl (C=O) groups is 1. The number of nitrogens with one attached hydrogen (secondary N) is 1. The summed E-state index contributed by atoms with van der Waals surface area (Å²) in [6, 6.07) is 21.3. The highest BCUT2D eigenvalue weighted by Gasteiger charge is 2.33. The number of carbonyl (C=O) groups excluding carboxylic acids is 1. The van der Waals surface area contributed by atoms with Gasteiger partial charge >= 0.3 is 0 Å². The second-order valence-electron chi connectivity index (χ2n) is 6.78. The lowest BCUT2D eigenvalue weighted by Gasteiger charge is -2.36. The van der Waals surface area contributed by atoms with Gasteiger partial charge in [0.1, 0.15) is 5.69 Å². The fraction of sp³-hybridized carbons (Fsp3) is 0.190. The minimum absolute atomic E-state index is 0.0935. The van der Waals surface area contributed by atoms with Crippen LogP contribution in [-0.4, -0.2) is 36.4 Å². The van der Waals surface area contributed by atoms with Crippen LogP contribution in [0.4, 0.5) is 0 Å². The van der Waals surface area contributed by atoms with Crippen LogP contribution >= 0.6 is 0 Å². The quantitative estimate of drug-likeness (QED) is 0.697. The molecule has 2 aromatic carbocycles. The first-order valence-electron chi connectivity index (χ1n) is 9.09. The summed E-state index contributed by atoms with van der Waals surface area (Å²) in [4.78, 5) is 15.0. The molecule has 7 heteroatoms. The molecular formula is C21H21N3O3S. The second-order valence-corrected chi connectivity index (χ2v) is 8.55. The largest absolute Gasteiger partial charge is 0.341 e. The Labute approximate surface area is 164 Å². The smallest absolute Gasteiger partial charge is 0.271 e. The van der Waals surface area contributed by atoms with Crippen LogP contribution in [0.1, 0.15) is 16.1 Å². The molecule has 1 aromatic heterocycles. The molecule has 144 valence electrons. The number of sulfonamides is 1. The molecule has 6 nitrogen and oxygen atoms in total. The van der Waals surface area contributed by atoms with Crippen molar-refractivity contribution in [2.45, 2.75) is 24.0 Å². The zero-order valence-electron chi connectivity index (χ0n) is 15.2. The van der Waals surface area contributed by atoms with Gasteiger partial charge in [-0.2, -0.15) is 0 Å². The molecule has 1 aliphatic heterocycles. The summed E-state index contributed by atoms with van der Waals surface area (Å²) in [6.45, 7) is 1.12. The summed E-state index contributed by atoms with van der Waals surface area (Å²) in [5.74, 6) is -0.0935. The van der Waals surface area contributed by atoms with E-state index in [9.17, 15) is 13.2 Å². The third-order valence-corrected chi connectivity index (χ3v) is 6.36. The van der Waals surface area contributed by atoms with E-state index in [1.165, 1.54) is 0 Å². The Kier molecular flexibility index (Phi) is 5.02. The van der Waals surface area contributed by atoms with Crippen LogP contribution in [0.15, 0.2) is 83.9 Å². The molecule has 0 radical (unpaired) electrons. The highest BCUT2D eigenvalue weighted by atomic mass is 32.2. The van der Waals surface area contributed by atoms with E-state index in [-0.39, 0.29) is 23.4 Å². The summed E-state index contributed by atoms with van der Waals surface area (Å²) in [5.41, 5.74) is 1.63. The van der Waals surface area contributed by atoms with E-state index in [0.29, 0.717) is 18.8 Å². The summed E-state index contributed by atoms with van der Waals surface area (Å²) in [6.07, 6.45) is 1.85. The monoisotopic (exact) mass is 395 g/mol. The Balaban J connectivity index is 1.57. The fourth-order valence-electron chi connectivity index (χ4n) is 3.45. The van der Waals surface area contributed by atoms with Crippen LogP contribution in [0, 0.1) is 0 Å². The van der Waals surface area contributed by atoms with E-state index in [2.05, 4.69) is 4.72 Å². The number of benzene rings is 2. The van der Waals surface area contributed by atoms with Crippen LogP contribution in [0.5, 0.6) is 0 Å². The molecule has 0 aliphatic carbocycles. The normalized spacial score (nSPS) is 16.8. The van der Waals surface area contributed by atoms with Crippen molar-refractivity contribution in [3.63, 3.8) is 0 Å². The molecule has 1 amide bonds. The SMILES string of the molecule is O=C1c2cccn2CC(CNS(=O)(=O)c2ccccc2)N1Cc1ccccc1.